The van der Waals surface area contributed by atoms with E-state index in [2.05, 4.69) is 0 Å². The summed E-state index contributed by atoms with van der Waals surface area (Å²) in [4.78, 5) is 22.4. The number of aromatic nitrogens is 2. The Balaban J connectivity index is 1.78. The highest BCUT2D eigenvalue weighted by molar-refractivity contribution is 7.88. The van der Waals surface area contributed by atoms with Crippen molar-refractivity contribution in [3.05, 3.63) is 78.2 Å². The fourth-order valence-corrected chi connectivity index (χ4v) is 6.10. The molecule has 0 unspecified atom stereocenters. The summed E-state index contributed by atoms with van der Waals surface area (Å²) in [5, 5.41) is 0. The average molecular weight is 585 g/mol. The van der Waals surface area contributed by atoms with Gasteiger partial charge in [0.25, 0.3) is 0 Å². The van der Waals surface area contributed by atoms with Crippen molar-refractivity contribution in [1.29, 1.82) is 0 Å². The van der Waals surface area contributed by atoms with Crippen molar-refractivity contribution < 1.29 is 17.6 Å². The lowest BCUT2D eigenvalue weighted by molar-refractivity contribution is 0.0615. The van der Waals surface area contributed by atoms with E-state index in [4.69, 9.17) is 10.7 Å². The van der Waals surface area contributed by atoms with Crippen LogP contribution in [-0.4, -0.2) is 89.8 Å². The third kappa shape index (κ3) is 7.52. The standard InChI is InChI=1S/C30H41FN6O3S/c1-30(2,3)27(37(21-25(31)19-32)29(38)34-15-17-36(18-16-34)41(4,39)40)28-33-26(24-13-9-6-10-14-24)22-35(28)20-23-11-7-5-8-12-23/h5-14,22,25,27H,15-21,32H2,1-4H3/t25-,27+/m1/s1. The number of nitrogens with zero attached hydrogens (tertiary/aromatic N) is 5. The van der Waals surface area contributed by atoms with Crippen LogP contribution in [0.4, 0.5) is 9.18 Å². The van der Waals surface area contributed by atoms with E-state index in [-0.39, 0.29) is 45.3 Å². The van der Waals surface area contributed by atoms with Gasteiger partial charge < -0.3 is 20.1 Å². The summed E-state index contributed by atoms with van der Waals surface area (Å²) in [6, 6.07) is 18.9. The van der Waals surface area contributed by atoms with Crippen molar-refractivity contribution in [2.24, 2.45) is 11.1 Å². The summed E-state index contributed by atoms with van der Waals surface area (Å²) in [6.45, 7) is 6.94. The van der Waals surface area contributed by atoms with Crippen LogP contribution in [0.3, 0.4) is 0 Å². The Morgan fingerprint density at radius 1 is 1.02 bits per heavy atom. The van der Waals surface area contributed by atoms with Gasteiger partial charge in [0, 0.05) is 51.0 Å². The largest absolute Gasteiger partial charge is 0.328 e. The van der Waals surface area contributed by atoms with Crippen LogP contribution < -0.4 is 5.73 Å². The lowest BCUT2D eigenvalue weighted by atomic mass is 9.84. The quantitative estimate of drug-likeness (QED) is 0.410. The highest BCUT2D eigenvalue weighted by Gasteiger charge is 2.41. The van der Waals surface area contributed by atoms with E-state index in [1.807, 2.05) is 92.2 Å². The van der Waals surface area contributed by atoms with Gasteiger partial charge in [-0.05, 0) is 11.0 Å². The van der Waals surface area contributed by atoms with Crippen molar-refractivity contribution in [3.63, 3.8) is 0 Å². The summed E-state index contributed by atoms with van der Waals surface area (Å²) >= 11 is 0. The molecule has 9 nitrogen and oxygen atoms in total. The van der Waals surface area contributed by atoms with Crippen LogP contribution in [0.5, 0.6) is 0 Å². The van der Waals surface area contributed by atoms with Crippen molar-refractivity contribution in [1.82, 2.24) is 23.7 Å². The molecule has 11 heteroatoms. The molecule has 1 aromatic heterocycles. The SMILES string of the molecule is CC(C)(C)[C@H](c1nc(-c2ccccc2)cn1Cc1ccccc1)N(C[C@H](F)CN)C(=O)N1CCN(S(C)(=O)=O)CC1. The Kier molecular flexibility index (Phi) is 9.51. The van der Waals surface area contributed by atoms with Crippen molar-refractivity contribution in [2.45, 2.75) is 39.5 Å². The molecule has 1 saturated heterocycles. The van der Waals surface area contributed by atoms with Crippen molar-refractivity contribution in [2.75, 3.05) is 45.5 Å². The first-order valence-corrected chi connectivity index (χ1v) is 15.7. The van der Waals surface area contributed by atoms with E-state index in [9.17, 15) is 13.2 Å². The van der Waals surface area contributed by atoms with Crippen LogP contribution in [0.1, 0.15) is 38.2 Å². The number of piperazine rings is 1. The molecule has 4 rings (SSSR count). The molecule has 0 bridgehead atoms. The number of carbonyl (C=O) groups excluding carboxylic acids is 1. The monoisotopic (exact) mass is 584 g/mol. The third-order valence-corrected chi connectivity index (χ3v) is 8.63. The van der Waals surface area contributed by atoms with Crippen LogP contribution in [0, 0.1) is 5.41 Å². The van der Waals surface area contributed by atoms with Crippen LogP contribution in [-0.2, 0) is 16.6 Å². The van der Waals surface area contributed by atoms with E-state index >= 15 is 4.39 Å². The fourth-order valence-electron chi connectivity index (χ4n) is 5.27. The number of urea groups is 1. The van der Waals surface area contributed by atoms with Gasteiger partial charge in [-0.2, -0.15) is 4.31 Å². The Morgan fingerprint density at radius 3 is 2.15 bits per heavy atom. The maximum absolute atomic E-state index is 15.1. The van der Waals surface area contributed by atoms with Gasteiger partial charge in [0.05, 0.1) is 24.5 Å². The Morgan fingerprint density at radius 2 is 1.61 bits per heavy atom. The molecule has 0 radical (unpaired) electrons. The molecule has 2 amide bonds. The average Bonchev–Trinajstić information content (AvgIpc) is 3.34. The van der Waals surface area contributed by atoms with Crippen molar-refractivity contribution in [3.8, 4) is 11.3 Å². The normalized spacial score (nSPS) is 16.4. The first kappa shape index (κ1) is 30.7. The van der Waals surface area contributed by atoms with Gasteiger partial charge in [0.1, 0.15) is 12.0 Å². The number of hydrogen-bond acceptors (Lipinski definition) is 5. The van der Waals surface area contributed by atoms with Gasteiger partial charge in [-0.1, -0.05) is 81.4 Å². The Bertz CT molecular complexity index is 1400. The predicted molar refractivity (Wildman–Crippen MR) is 159 cm³/mol. The molecule has 1 aliphatic heterocycles. The molecular weight excluding hydrogens is 543 g/mol. The molecule has 41 heavy (non-hydrogen) atoms. The minimum atomic E-state index is -3.37. The molecular formula is C30H41FN6O3S. The number of alkyl halides is 1. The maximum Gasteiger partial charge on any atom is 0.320 e. The number of amides is 2. The molecule has 2 atom stereocenters. The number of carbonyl (C=O) groups is 1. The minimum absolute atomic E-state index is 0.190. The highest BCUT2D eigenvalue weighted by Crippen LogP contribution is 2.40. The molecule has 2 aromatic carbocycles. The van der Waals surface area contributed by atoms with E-state index < -0.39 is 27.7 Å². The third-order valence-electron chi connectivity index (χ3n) is 7.32. The van der Waals surface area contributed by atoms with Crippen LogP contribution >= 0.6 is 0 Å². The zero-order valence-electron chi connectivity index (χ0n) is 24.3. The second kappa shape index (κ2) is 12.7. The predicted octanol–water partition coefficient (Wildman–Crippen LogP) is 3.98. The molecule has 1 fully saturated rings. The highest BCUT2D eigenvalue weighted by atomic mass is 32.2. The molecule has 0 spiro atoms. The number of nitrogens with two attached hydrogens (primary N) is 1. The summed E-state index contributed by atoms with van der Waals surface area (Å²) in [7, 11) is -3.37. The van der Waals surface area contributed by atoms with Gasteiger partial charge in [0.2, 0.25) is 10.0 Å². The lowest BCUT2D eigenvalue weighted by Gasteiger charge is -2.44. The number of rotatable bonds is 9. The van der Waals surface area contributed by atoms with Crippen LogP contribution in [0.15, 0.2) is 66.9 Å². The summed E-state index contributed by atoms with van der Waals surface area (Å²) in [5.74, 6) is 0.646. The lowest BCUT2D eigenvalue weighted by Crippen LogP contribution is -2.56. The van der Waals surface area contributed by atoms with Crippen LogP contribution in [0.2, 0.25) is 0 Å². The first-order valence-electron chi connectivity index (χ1n) is 13.9. The van der Waals surface area contributed by atoms with E-state index in [1.165, 1.54) is 4.31 Å². The number of halogens is 1. The zero-order valence-corrected chi connectivity index (χ0v) is 25.1. The zero-order chi connectivity index (χ0) is 29.8. The second-order valence-electron chi connectivity index (χ2n) is 11.6. The molecule has 3 aromatic rings. The molecule has 222 valence electrons. The molecule has 2 heterocycles. The first-order chi connectivity index (χ1) is 19.4. The maximum atomic E-state index is 15.1. The topological polar surface area (TPSA) is 105 Å². The van der Waals surface area contributed by atoms with Gasteiger partial charge in [0.15, 0.2) is 0 Å². The minimum Gasteiger partial charge on any atom is -0.328 e. The molecule has 0 aliphatic carbocycles. The van der Waals surface area contributed by atoms with Gasteiger partial charge >= 0.3 is 6.03 Å². The number of benzene rings is 2. The summed E-state index contributed by atoms with van der Waals surface area (Å²) in [5.41, 5.74) is 7.94. The summed E-state index contributed by atoms with van der Waals surface area (Å²) in [6.07, 6.45) is 1.71. The molecule has 1 aliphatic rings. The molecule has 2 N–H and O–H groups in total. The molecule has 0 saturated carbocycles. The second-order valence-corrected chi connectivity index (χ2v) is 13.6. The number of imidazole rings is 1. The van der Waals surface area contributed by atoms with Gasteiger partial charge in [-0.15, -0.1) is 0 Å². The van der Waals surface area contributed by atoms with E-state index in [0.29, 0.717) is 12.4 Å². The Hall–Kier alpha value is -3.28. The Labute approximate surface area is 242 Å². The number of sulfonamides is 1. The summed E-state index contributed by atoms with van der Waals surface area (Å²) < 4.78 is 42.6. The van der Waals surface area contributed by atoms with E-state index in [0.717, 1.165) is 23.1 Å². The fraction of sp³-hybridized carbons (Fsp3) is 0.467. The number of hydrogen-bond donors (Lipinski definition) is 1. The van der Waals surface area contributed by atoms with Gasteiger partial charge in [-0.25, -0.2) is 22.6 Å². The smallest absolute Gasteiger partial charge is 0.320 e. The van der Waals surface area contributed by atoms with Crippen molar-refractivity contribution >= 4 is 16.1 Å². The van der Waals surface area contributed by atoms with E-state index in [1.54, 1.807) is 9.80 Å². The van der Waals surface area contributed by atoms with Crippen LogP contribution in [0.25, 0.3) is 11.3 Å². The van der Waals surface area contributed by atoms with Gasteiger partial charge in [-0.3, -0.25) is 0 Å².